The first kappa shape index (κ1) is 16.5. The van der Waals surface area contributed by atoms with E-state index in [2.05, 4.69) is 5.32 Å². The first-order chi connectivity index (χ1) is 9.38. The molecule has 3 N–H and O–H groups in total. The van der Waals surface area contributed by atoms with Crippen LogP contribution >= 0.6 is 11.3 Å². The standard InChI is InChI=1S/C13H21N3O3S/c1-5-19-13(18)9-10(14)11(8(2)17)20-12(9)15-6-7-16(3)4/h15H,5-7,14H2,1-4H3. The zero-order chi connectivity index (χ0) is 15.3. The molecule has 0 aliphatic carbocycles. The van der Waals surface area contributed by atoms with Crippen molar-refractivity contribution < 1.29 is 14.3 Å². The molecule has 6 nitrogen and oxygen atoms in total. The Morgan fingerprint density at radius 3 is 2.55 bits per heavy atom. The summed E-state index contributed by atoms with van der Waals surface area (Å²) in [5.41, 5.74) is 6.37. The first-order valence-corrected chi connectivity index (χ1v) is 7.19. The Morgan fingerprint density at radius 1 is 1.40 bits per heavy atom. The lowest BCUT2D eigenvalue weighted by Crippen LogP contribution is -2.21. The summed E-state index contributed by atoms with van der Waals surface area (Å²) < 4.78 is 5.00. The molecule has 0 unspecified atom stereocenters. The monoisotopic (exact) mass is 299 g/mol. The van der Waals surface area contributed by atoms with Crippen molar-refractivity contribution in [3.05, 3.63) is 10.4 Å². The first-order valence-electron chi connectivity index (χ1n) is 6.37. The number of hydrogen-bond donors (Lipinski definition) is 2. The van der Waals surface area contributed by atoms with Crippen LogP contribution in [0.2, 0.25) is 0 Å². The van der Waals surface area contributed by atoms with Crippen LogP contribution in [-0.2, 0) is 4.74 Å². The number of rotatable bonds is 7. The predicted molar refractivity (Wildman–Crippen MR) is 81.7 cm³/mol. The van der Waals surface area contributed by atoms with E-state index in [0.717, 1.165) is 6.54 Å². The molecule has 0 amide bonds. The molecular weight excluding hydrogens is 278 g/mol. The smallest absolute Gasteiger partial charge is 0.343 e. The van der Waals surface area contributed by atoms with Crippen LogP contribution in [0.5, 0.6) is 0 Å². The number of carbonyl (C=O) groups excluding carboxylic acids is 2. The van der Waals surface area contributed by atoms with E-state index in [0.29, 0.717) is 16.4 Å². The molecular formula is C13H21N3O3S. The van der Waals surface area contributed by atoms with Gasteiger partial charge in [-0.15, -0.1) is 11.3 Å². The molecule has 0 fully saturated rings. The van der Waals surface area contributed by atoms with Crippen molar-refractivity contribution in [2.75, 3.05) is 44.8 Å². The number of carbonyl (C=O) groups is 2. The molecule has 1 aromatic heterocycles. The number of hydrogen-bond acceptors (Lipinski definition) is 7. The fourth-order valence-electron chi connectivity index (χ4n) is 1.63. The van der Waals surface area contributed by atoms with Crippen LogP contribution in [0.25, 0.3) is 0 Å². The fraction of sp³-hybridized carbons (Fsp3) is 0.538. The molecule has 1 rings (SSSR count). The predicted octanol–water partition coefficient (Wildman–Crippen LogP) is 1.68. The Labute approximate surface area is 122 Å². The number of ketones is 1. The highest BCUT2D eigenvalue weighted by Crippen LogP contribution is 2.36. The second-order valence-electron chi connectivity index (χ2n) is 4.56. The minimum atomic E-state index is -0.499. The highest BCUT2D eigenvalue weighted by atomic mass is 32.1. The molecule has 112 valence electrons. The fourth-order valence-corrected chi connectivity index (χ4v) is 2.66. The maximum Gasteiger partial charge on any atom is 0.343 e. The zero-order valence-corrected chi connectivity index (χ0v) is 13.1. The van der Waals surface area contributed by atoms with Gasteiger partial charge in [0.25, 0.3) is 0 Å². The van der Waals surface area contributed by atoms with Crippen molar-refractivity contribution in [1.29, 1.82) is 0 Å². The van der Waals surface area contributed by atoms with E-state index in [1.165, 1.54) is 18.3 Å². The van der Waals surface area contributed by atoms with Crippen molar-refractivity contribution in [1.82, 2.24) is 4.90 Å². The maximum atomic E-state index is 12.0. The van der Waals surface area contributed by atoms with Gasteiger partial charge in [-0.25, -0.2) is 4.79 Å². The van der Waals surface area contributed by atoms with Gasteiger partial charge in [0, 0.05) is 20.0 Å². The number of esters is 1. The maximum absolute atomic E-state index is 12.0. The molecule has 7 heteroatoms. The van der Waals surface area contributed by atoms with Gasteiger partial charge in [0.1, 0.15) is 10.6 Å². The van der Waals surface area contributed by atoms with E-state index in [1.807, 2.05) is 19.0 Å². The molecule has 0 atom stereocenters. The van der Waals surface area contributed by atoms with Gasteiger partial charge in [-0.1, -0.05) is 0 Å². The van der Waals surface area contributed by atoms with E-state index < -0.39 is 5.97 Å². The van der Waals surface area contributed by atoms with E-state index >= 15 is 0 Å². The van der Waals surface area contributed by atoms with Crippen molar-refractivity contribution in [3.8, 4) is 0 Å². The number of nitrogens with zero attached hydrogens (tertiary/aromatic N) is 1. The van der Waals surface area contributed by atoms with Gasteiger partial charge in [0.15, 0.2) is 5.78 Å². The Morgan fingerprint density at radius 2 is 2.05 bits per heavy atom. The van der Waals surface area contributed by atoms with Gasteiger partial charge in [0.05, 0.1) is 17.2 Å². The number of anilines is 2. The molecule has 0 spiro atoms. The van der Waals surface area contributed by atoms with Gasteiger partial charge >= 0.3 is 5.97 Å². The summed E-state index contributed by atoms with van der Waals surface area (Å²) in [7, 11) is 3.91. The number of nitrogens with two attached hydrogens (primary N) is 1. The van der Waals surface area contributed by atoms with E-state index in [-0.39, 0.29) is 23.6 Å². The van der Waals surface area contributed by atoms with Gasteiger partial charge in [-0.2, -0.15) is 0 Å². The van der Waals surface area contributed by atoms with Crippen LogP contribution in [0.15, 0.2) is 0 Å². The summed E-state index contributed by atoms with van der Waals surface area (Å²) in [6.45, 7) is 4.87. The Balaban J connectivity index is 3.03. The lowest BCUT2D eigenvalue weighted by molar-refractivity contribution is 0.0529. The van der Waals surface area contributed by atoms with Crippen LogP contribution in [-0.4, -0.2) is 50.4 Å². The number of nitrogen functional groups attached to an aromatic ring is 1. The third-order valence-corrected chi connectivity index (χ3v) is 3.85. The number of Topliss-reactive ketones (excluding diaryl/α,β-unsaturated/α-hetero) is 1. The third kappa shape index (κ3) is 3.94. The highest BCUT2D eigenvalue weighted by molar-refractivity contribution is 7.19. The molecule has 0 aliphatic rings. The minimum Gasteiger partial charge on any atom is -0.462 e. The summed E-state index contributed by atoms with van der Waals surface area (Å²) in [6, 6.07) is 0. The van der Waals surface area contributed by atoms with Gasteiger partial charge in [-0.05, 0) is 21.0 Å². The van der Waals surface area contributed by atoms with E-state index in [9.17, 15) is 9.59 Å². The topological polar surface area (TPSA) is 84.7 Å². The van der Waals surface area contributed by atoms with Gasteiger partial charge in [0.2, 0.25) is 0 Å². The molecule has 0 bridgehead atoms. The van der Waals surface area contributed by atoms with Crippen molar-refractivity contribution >= 4 is 33.8 Å². The van der Waals surface area contributed by atoms with Crippen LogP contribution in [0.3, 0.4) is 0 Å². The van der Waals surface area contributed by atoms with E-state index in [1.54, 1.807) is 6.92 Å². The summed E-state index contributed by atoms with van der Waals surface area (Å²) in [4.78, 5) is 25.9. The number of thiophene rings is 1. The average molecular weight is 299 g/mol. The summed E-state index contributed by atoms with van der Waals surface area (Å²) in [5.74, 6) is -0.653. The lowest BCUT2D eigenvalue weighted by Gasteiger charge is -2.11. The molecule has 0 saturated heterocycles. The van der Waals surface area contributed by atoms with Crippen LogP contribution in [0.1, 0.15) is 33.9 Å². The largest absolute Gasteiger partial charge is 0.462 e. The Hall–Kier alpha value is -1.60. The Kier molecular flexibility index (Phi) is 5.97. The molecule has 20 heavy (non-hydrogen) atoms. The van der Waals surface area contributed by atoms with Crippen molar-refractivity contribution in [2.45, 2.75) is 13.8 Å². The van der Waals surface area contributed by atoms with Crippen molar-refractivity contribution in [3.63, 3.8) is 0 Å². The van der Waals surface area contributed by atoms with Gasteiger partial charge in [-0.3, -0.25) is 4.79 Å². The SMILES string of the molecule is CCOC(=O)c1c(NCCN(C)C)sc(C(C)=O)c1N. The molecule has 1 aromatic rings. The number of likely N-dealkylation sites (N-methyl/N-ethyl adjacent to an activating group) is 1. The zero-order valence-electron chi connectivity index (χ0n) is 12.3. The highest BCUT2D eigenvalue weighted by Gasteiger charge is 2.24. The summed E-state index contributed by atoms with van der Waals surface area (Å²) >= 11 is 1.20. The molecule has 0 saturated carbocycles. The number of ether oxygens (including phenoxy) is 1. The number of nitrogens with one attached hydrogen (secondary N) is 1. The summed E-state index contributed by atoms with van der Waals surface area (Å²) in [5, 5.41) is 3.73. The van der Waals surface area contributed by atoms with Crippen LogP contribution < -0.4 is 11.1 Å². The second-order valence-corrected chi connectivity index (χ2v) is 5.58. The Bertz CT molecular complexity index is 497. The normalized spacial score (nSPS) is 10.7. The molecule has 0 aromatic carbocycles. The molecule has 1 heterocycles. The molecule has 0 aliphatic heterocycles. The van der Waals surface area contributed by atoms with Crippen LogP contribution in [0, 0.1) is 0 Å². The summed E-state index contributed by atoms with van der Waals surface area (Å²) in [6.07, 6.45) is 0. The van der Waals surface area contributed by atoms with E-state index in [4.69, 9.17) is 10.5 Å². The quantitative estimate of drug-likeness (QED) is 0.588. The average Bonchev–Trinajstić information content (AvgIpc) is 2.66. The third-order valence-electron chi connectivity index (χ3n) is 2.59. The van der Waals surface area contributed by atoms with Gasteiger partial charge < -0.3 is 20.7 Å². The van der Waals surface area contributed by atoms with Crippen LogP contribution in [0.4, 0.5) is 10.7 Å². The lowest BCUT2D eigenvalue weighted by atomic mass is 10.2. The van der Waals surface area contributed by atoms with Crippen molar-refractivity contribution in [2.24, 2.45) is 0 Å². The molecule has 0 radical (unpaired) electrons. The minimum absolute atomic E-state index is 0.154. The second kappa shape index (κ2) is 7.25.